The molecule has 0 fully saturated rings. The minimum atomic E-state index is 0.0977. The monoisotopic (exact) mass is 222 g/mol. The molecule has 0 saturated carbocycles. The van der Waals surface area contributed by atoms with E-state index in [1.165, 1.54) is 0 Å². The fraction of sp³-hybridized carbons (Fsp3) is 0.667. The van der Waals surface area contributed by atoms with Gasteiger partial charge in [0, 0.05) is 12.1 Å². The van der Waals surface area contributed by atoms with Crippen LogP contribution in [0.1, 0.15) is 25.2 Å². The summed E-state index contributed by atoms with van der Waals surface area (Å²) >= 11 is 0. The zero-order valence-electron chi connectivity index (χ0n) is 11.1. The second kappa shape index (κ2) is 4.78. The first-order valence-electron chi connectivity index (χ1n) is 5.54. The van der Waals surface area contributed by atoms with Gasteiger partial charge in [0.25, 0.3) is 0 Å². The number of likely N-dealkylation sites (N-methyl/N-ethyl adjacent to an activating group) is 1. The Morgan fingerprint density at radius 3 is 2.38 bits per heavy atom. The third-order valence-corrected chi connectivity index (χ3v) is 3.11. The molecule has 0 unspecified atom stereocenters. The molecular formula is C12H22N4. The first-order chi connectivity index (χ1) is 7.33. The van der Waals surface area contributed by atoms with Crippen LogP contribution in [0.4, 0.5) is 5.82 Å². The van der Waals surface area contributed by atoms with Crippen molar-refractivity contribution in [2.24, 2.45) is 0 Å². The molecule has 0 amide bonds. The molecule has 0 bridgehead atoms. The van der Waals surface area contributed by atoms with Crippen LogP contribution in [0.2, 0.25) is 0 Å². The van der Waals surface area contributed by atoms with Gasteiger partial charge in [-0.3, -0.25) is 4.98 Å². The number of anilines is 1. The summed E-state index contributed by atoms with van der Waals surface area (Å²) in [4.78, 5) is 10.9. The molecule has 1 aromatic heterocycles. The Balaban J connectivity index is 2.65. The van der Waals surface area contributed by atoms with E-state index in [2.05, 4.69) is 48.1 Å². The molecule has 0 radical (unpaired) electrons. The Hall–Kier alpha value is -1.16. The average molecular weight is 222 g/mol. The lowest BCUT2D eigenvalue weighted by atomic mass is 10.0. The van der Waals surface area contributed by atoms with Crippen molar-refractivity contribution in [2.45, 2.75) is 33.2 Å². The second-order valence-electron chi connectivity index (χ2n) is 4.99. The minimum absolute atomic E-state index is 0.0977. The molecule has 0 atom stereocenters. The van der Waals surface area contributed by atoms with Crippen LogP contribution in [0.25, 0.3) is 0 Å². The van der Waals surface area contributed by atoms with Crippen LogP contribution in [0.3, 0.4) is 0 Å². The molecule has 16 heavy (non-hydrogen) atoms. The first kappa shape index (κ1) is 12.9. The quantitative estimate of drug-likeness (QED) is 0.844. The molecule has 0 saturated heterocycles. The third kappa shape index (κ3) is 3.17. The van der Waals surface area contributed by atoms with Gasteiger partial charge in [0.2, 0.25) is 0 Å². The van der Waals surface area contributed by atoms with Gasteiger partial charge in [-0.25, -0.2) is 4.98 Å². The van der Waals surface area contributed by atoms with Gasteiger partial charge in [-0.05, 0) is 41.8 Å². The fourth-order valence-electron chi connectivity index (χ4n) is 1.09. The number of rotatable bonds is 4. The van der Waals surface area contributed by atoms with Gasteiger partial charge in [0.15, 0.2) is 0 Å². The van der Waals surface area contributed by atoms with Crippen molar-refractivity contribution in [2.75, 3.05) is 26.0 Å². The number of hydrogen-bond donors (Lipinski definition) is 1. The van der Waals surface area contributed by atoms with Crippen molar-refractivity contribution < 1.29 is 0 Å². The van der Waals surface area contributed by atoms with E-state index in [1.807, 2.05) is 13.8 Å². The normalized spacial score (nSPS) is 11.9. The van der Waals surface area contributed by atoms with E-state index < -0.39 is 0 Å². The number of aryl methyl sites for hydroxylation is 2. The van der Waals surface area contributed by atoms with Gasteiger partial charge in [-0.1, -0.05) is 0 Å². The second-order valence-corrected chi connectivity index (χ2v) is 4.99. The largest absolute Gasteiger partial charge is 0.367 e. The van der Waals surface area contributed by atoms with Gasteiger partial charge in [0.05, 0.1) is 17.6 Å². The topological polar surface area (TPSA) is 41.1 Å². The molecule has 0 aliphatic carbocycles. The molecule has 1 aromatic rings. The molecule has 90 valence electrons. The van der Waals surface area contributed by atoms with E-state index in [4.69, 9.17) is 0 Å². The molecule has 0 aliphatic heterocycles. The Kier molecular flexibility index (Phi) is 3.86. The van der Waals surface area contributed by atoms with Crippen LogP contribution < -0.4 is 5.32 Å². The van der Waals surface area contributed by atoms with Crippen LogP contribution in [0, 0.1) is 13.8 Å². The molecule has 4 heteroatoms. The van der Waals surface area contributed by atoms with Gasteiger partial charge in [-0.15, -0.1) is 0 Å². The van der Waals surface area contributed by atoms with Crippen molar-refractivity contribution in [3.63, 3.8) is 0 Å². The maximum absolute atomic E-state index is 4.44. The maximum atomic E-state index is 4.44. The predicted octanol–water partition coefficient (Wildman–Crippen LogP) is 1.85. The molecule has 1 heterocycles. The zero-order chi connectivity index (χ0) is 12.3. The Morgan fingerprint density at radius 2 is 1.88 bits per heavy atom. The van der Waals surface area contributed by atoms with Gasteiger partial charge in [-0.2, -0.15) is 0 Å². The van der Waals surface area contributed by atoms with Gasteiger partial charge >= 0.3 is 0 Å². The lowest BCUT2D eigenvalue weighted by molar-refractivity contribution is 0.210. The number of aromatic nitrogens is 2. The van der Waals surface area contributed by atoms with E-state index in [-0.39, 0.29) is 5.54 Å². The van der Waals surface area contributed by atoms with Crippen LogP contribution >= 0.6 is 0 Å². The SMILES string of the molecule is Cc1ncc(NCC(C)(C)N(C)C)nc1C. The van der Waals surface area contributed by atoms with Crippen molar-refractivity contribution in [1.29, 1.82) is 0 Å². The highest BCUT2D eigenvalue weighted by molar-refractivity contribution is 5.33. The molecule has 4 nitrogen and oxygen atoms in total. The van der Waals surface area contributed by atoms with Crippen LogP contribution in [0.15, 0.2) is 6.20 Å². The standard InChI is InChI=1S/C12H22N4/c1-9-10(2)15-11(7-13-9)14-8-12(3,4)16(5)6/h7H,8H2,1-6H3,(H,14,15). The van der Waals surface area contributed by atoms with E-state index in [1.54, 1.807) is 6.20 Å². The maximum Gasteiger partial charge on any atom is 0.144 e. The number of nitrogens with one attached hydrogen (secondary N) is 1. The fourth-order valence-corrected chi connectivity index (χ4v) is 1.09. The molecule has 0 aliphatic rings. The summed E-state index contributed by atoms with van der Waals surface area (Å²) in [6, 6.07) is 0. The van der Waals surface area contributed by atoms with E-state index >= 15 is 0 Å². The van der Waals surface area contributed by atoms with E-state index in [0.29, 0.717) is 0 Å². The van der Waals surface area contributed by atoms with E-state index in [0.717, 1.165) is 23.8 Å². The van der Waals surface area contributed by atoms with Crippen molar-refractivity contribution >= 4 is 5.82 Å². The first-order valence-corrected chi connectivity index (χ1v) is 5.54. The van der Waals surface area contributed by atoms with Crippen molar-refractivity contribution in [3.8, 4) is 0 Å². The molecule has 0 spiro atoms. The average Bonchev–Trinajstić information content (AvgIpc) is 2.20. The summed E-state index contributed by atoms with van der Waals surface area (Å²) in [5.74, 6) is 0.845. The van der Waals surface area contributed by atoms with Crippen LogP contribution in [-0.2, 0) is 0 Å². The van der Waals surface area contributed by atoms with Crippen LogP contribution in [0.5, 0.6) is 0 Å². The summed E-state index contributed by atoms with van der Waals surface area (Å²) < 4.78 is 0. The van der Waals surface area contributed by atoms with Gasteiger partial charge in [0.1, 0.15) is 5.82 Å². The minimum Gasteiger partial charge on any atom is -0.367 e. The molecule has 1 N–H and O–H groups in total. The highest BCUT2D eigenvalue weighted by Crippen LogP contribution is 2.12. The molecule has 0 aromatic carbocycles. The van der Waals surface area contributed by atoms with Crippen molar-refractivity contribution in [1.82, 2.24) is 14.9 Å². The summed E-state index contributed by atoms with van der Waals surface area (Å²) in [5.41, 5.74) is 2.06. The highest BCUT2D eigenvalue weighted by Gasteiger charge is 2.20. The van der Waals surface area contributed by atoms with Gasteiger partial charge < -0.3 is 10.2 Å². The predicted molar refractivity (Wildman–Crippen MR) is 67.8 cm³/mol. The Labute approximate surface area is 98.1 Å². The Bertz CT molecular complexity index is 358. The molecule has 1 rings (SSSR count). The zero-order valence-corrected chi connectivity index (χ0v) is 11.1. The van der Waals surface area contributed by atoms with Crippen molar-refractivity contribution in [3.05, 3.63) is 17.6 Å². The summed E-state index contributed by atoms with van der Waals surface area (Å²) in [5, 5.41) is 3.32. The summed E-state index contributed by atoms with van der Waals surface area (Å²) in [6.45, 7) is 9.17. The summed E-state index contributed by atoms with van der Waals surface area (Å²) in [7, 11) is 4.15. The smallest absolute Gasteiger partial charge is 0.144 e. The third-order valence-electron chi connectivity index (χ3n) is 3.11. The summed E-state index contributed by atoms with van der Waals surface area (Å²) in [6.07, 6.45) is 1.79. The number of nitrogens with zero attached hydrogens (tertiary/aromatic N) is 3. The van der Waals surface area contributed by atoms with E-state index in [9.17, 15) is 0 Å². The Morgan fingerprint density at radius 1 is 1.25 bits per heavy atom. The lowest BCUT2D eigenvalue weighted by Crippen LogP contribution is -2.44. The lowest BCUT2D eigenvalue weighted by Gasteiger charge is -2.32. The number of hydrogen-bond acceptors (Lipinski definition) is 4. The highest BCUT2D eigenvalue weighted by atomic mass is 15.2. The van der Waals surface area contributed by atoms with Crippen LogP contribution in [-0.4, -0.2) is 41.0 Å². The molecular weight excluding hydrogens is 200 g/mol.